The van der Waals surface area contributed by atoms with Gasteiger partial charge in [-0.25, -0.2) is 0 Å². The van der Waals surface area contributed by atoms with Gasteiger partial charge in [-0.1, -0.05) is 38.1 Å². The van der Waals surface area contributed by atoms with Gasteiger partial charge in [0.25, 0.3) is 5.69 Å². The van der Waals surface area contributed by atoms with Crippen LogP contribution in [-0.4, -0.2) is 10.8 Å². The zero-order chi connectivity index (χ0) is 17.0. The highest BCUT2D eigenvalue weighted by Crippen LogP contribution is 2.22. The number of nitro benzene ring substituents is 1. The summed E-state index contributed by atoms with van der Waals surface area (Å²) in [5, 5.41) is 13.5. The number of carbonyl (C=O) groups is 1. The molecule has 120 valence electrons. The maximum Gasteiger partial charge on any atom is 0.269 e. The maximum atomic E-state index is 12.3. The van der Waals surface area contributed by atoms with E-state index >= 15 is 0 Å². The molecule has 0 aliphatic carbocycles. The van der Waals surface area contributed by atoms with Gasteiger partial charge in [-0.3, -0.25) is 14.9 Å². The summed E-state index contributed by atoms with van der Waals surface area (Å²) < 4.78 is 0. The number of hydrogen-bond acceptors (Lipinski definition) is 3. The quantitative estimate of drug-likeness (QED) is 0.654. The third-order valence-electron chi connectivity index (χ3n) is 3.84. The molecule has 0 radical (unpaired) electrons. The zero-order valence-electron chi connectivity index (χ0n) is 13.4. The van der Waals surface area contributed by atoms with E-state index in [9.17, 15) is 14.9 Å². The van der Waals surface area contributed by atoms with Gasteiger partial charge in [0.05, 0.1) is 10.8 Å². The Morgan fingerprint density at radius 2 is 1.48 bits per heavy atom. The van der Waals surface area contributed by atoms with E-state index in [2.05, 4.69) is 19.2 Å². The molecule has 5 heteroatoms. The van der Waals surface area contributed by atoms with Gasteiger partial charge in [-0.2, -0.15) is 0 Å². The predicted octanol–water partition coefficient (Wildman–Crippen LogP) is 4.46. The van der Waals surface area contributed by atoms with E-state index in [0.717, 1.165) is 11.3 Å². The summed E-state index contributed by atoms with van der Waals surface area (Å²) in [5.41, 5.74) is 2.72. The number of benzene rings is 2. The van der Waals surface area contributed by atoms with Gasteiger partial charge in [-0.05, 0) is 36.1 Å². The Bertz CT molecular complexity index is 691. The Morgan fingerprint density at radius 3 is 1.96 bits per heavy atom. The lowest BCUT2D eigenvalue weighted by atomic mass is 9.99. The first-order valence-electron chi connectivity index (χ1n) is 7.53. The first-order chi connectivity index (χ1) is 10.9. The molecular formula is C18H20N2O3. The molecule has 1 amide bonds. The number of anilines is 1. The molecule has 0 heterocycles. The van der Waals surface area contributed by atoms with Crippen molar-refractivity contribution < 1.29 is 9.72 Å². The number of rotatable bonds is 5. The van der Waals surface area contributed by atoms with Crippen LogP contribution in [0.1, 0.15) is 43.7 Å². The van der Waals surface area contributed by atoms with E-state index in [0.29, 0.717) is 5.92 Å². The van der Waals surface area contributed by atoms with Gasteiger partial charge in [0.2, 0.25) is 5.91 Å². The average molecular weight is 312 g/mol. The maximum absolute atomic E-state index is 12.3. The fraction of sp³-hybridized carbons (Fsp3) is 0.278. The summed E-state index contributed by atoms with van der Waals surface area (Å²) in [6, 6.07) is 13.8. The molecule has 0 saturated heterocycles. The number of hydrogen-bond donors (Lipinski definition) is 1. The van der Waals surface area contributed by atoms with Crippen LogP contribution in [0, 0.1) is 10.1 Å². The molecule has 1 atom stereocenters. The van der Waals surface area contributed by atoms with Crippen molar-refractivity contribution in [2.75, 3.05) is 5.32 Å². The molecule has 2 aromatic carbocycles. The van der Waals surface area contributed by atoms with Crippen LogP contribution >= 0.6 is 0 Å². The minimum atomic E-state index is -0.454. The van der Waals surface area contributed by atoms with Gasteiger partial charge in [0, 0.05) is 17.8 Å². The van der Waals surface area contributed by atoms with Crippen LogP contribution in [0.3, 0.4) is 0 Å². The normalized spacial score (nSPS) is 12.0. The van der Waals surface area contributed by atoms with Crippen molar-refractivity contribution in [2.24, 2.45) is 0 Å². The second-order valence-electron chi connectivity index (χ2n) is 5.84. The predicted molar refractivity (Wildman–Crippen MR) is 90.7 cm³/mol. The lowest BCUT2D eigenvalue weighted by Gasteiger charge is -2.13. The molecule has 5 nitrogen and oxygen atoms in total. The monoisotopic (exact) mass is 312 g/mol. The summed E-state index contributed by atoms with van der Waals surface area (Å²) in [7, 11) is 0. The standard InChI is InChI=1S/C18H20N2O3/c1-12(2)14-4-8-16(9-5-14)19-18(21)13(3)15-6-10-17(11-7-15)20(22)23/h4-13H,1-3H3,(H,19,21)/t13-/m0/s1. The Hall–Kier alpha value is -2.69. The third-order valence-corrected chi connectivity index (χ3v) is 3.84. The second kappa shape index (κ2) is 7.05. The molecule has 0 aliphatic heterocycles. The molecule has 23 heavy (non-hydrogen) atoms. The number of nitrogens with one attached hydrogen (secondary N) is 1. The van der Waals surface area contributed by atoms with Crippen molar-refractivity contribution in [3.05, 3.63) is 69.8 Å². The number of amides is 1. The number of nitrogens with zero attached hydrogens (tertiary/aromatic N) is 1. The number of non-ortho nitro benzene ring substituents is 1. The number of carbonyl (C=O) groups excluding carboxylic acids is 1. The molecule has 0 aromatic heterocycles. The minimum Gasteiger partial charge on any atom is -0.326 e. The summed E-state index contributed by atoms with van der Waals surface area (Å²) in [6.07, 6.45) is 0. The van der Waals surface area contributed by atoms with Gasteiger partial charge in [0.1, 0.15) is 0 Å². The van der Waals surface area contributed by atoms with Crippen molar-refractivity contribution in [2.45, 2.75) is 32.6 Å². The largest absolute Gasteiger partial charge is 0.326 e. The molecule has 0 saturated carbocycles. The smallest absolute Gasteiger partial charge is 0.269 e. The Morgan fingerprint density at radius 1 is 0.957 bits per heavy atom. The molecule has 2 rings (SSSR count). The van der Waals surface area contributed by atoms with Crippen molar-refractivity contribution in [1.29, 1.82) is 0 Å². The van der Waals surface area contributed by atoms with Crippen molar-refractivity contribution >= 4 is 17.3 Å². The van der Waals surface area contributed by atoms with Crippen molar-refractivity contribution in [3.8, 4) is 0 Å². The number of nitro groups is 1. The Kier molecular flexibility index (Phi) is 5.11. The highest BCUT2D eigenvalue weighted by atomic mass is 16.6. The topological polar surface area (TPSA) is 72.2 Å². The van der Waals surface area contributed by atoms with Crippen LogP contribution in [0.5, 0.6) is 0 Å². The second-order valence-corrected chi connectivity index (χ2v) is 5.84. The molecule has 2 aromatic rings. The van der Waals surface area contributed by atoms with E-state index < -0.39 is 4.92 Å². The van der Waals surface area contributed by atoms with E-state index in [4.69, 9.17) is 0 Å². The van der Waals surface area contributed by atoms with Crippen LogP contribution in [0.2, 0.25) is 0 Å². The summed E-state index contributed by atoms with van der Waals surface area (Å²) in [6.45, 7) is 6.01. The summed E-state index contributed by atoms with van der Waals surface area (Å²) >= 11 is 0. The van der Waals surface area contributed by atoms with Crippen LogP contribution in [0.4, 0.5) is 11.4 Å². The van der Waals surface area contributed by atoms with Gasteiger partial charge in [-0.15, -0.1) is 0 Å². The SMILES string of the molecule is CC(C)c1ccc(NC(=O)[C@@H](C)c2ccc([N+](=O)[O-])cc2)cc1. The van der Waals surface area contributed by atoms with Crippen LogP contribution in [0.25, 0.3) is 0 Å². The fourth-order valence-electron chi connectivity index (χ4n) is 2.24. The van der Waals surface area contributed by atoms with Crippen LogP contribution in [-0.2, 0) is 4.79 Å². The molecule has 0 spiro atoms. The molecule has 0 fully saturated rings. The zero-order valence-corrected chi connectivity index (χ0v) is 13.4. The van der Waals surface area contributed by atoms with Crippen molar-refractivity contribution in [1.82, 2.24) is 0 Å². The molecule has 1 N–H and O–H groups in total. The average Bonchev–Trinajstić information content (AvgIpc) is 2.54. The molecule has 0 unspecified atom stereocenters. The fourth-order valence-corrected chi connectivity index (χ4v) is 2.24. The Labute approximate surface area is 135 Å². The summed E-state index contributed by atoms with van der Waals surface area (Å²) in [4.78, 5) is 22.5. The lowest BCUT2D eigenvalue weighted by molar-refractivity contribution is -0.384. The molecular weight excluding hydrogens is 292 g/mol. The van der Waals surface area contributed by atoms with E-state index in [1.807, 2.05) is 24.3 Å². The first kappa shape index (κ1) is 16.7. The first-order valence-corrected chi connectivity index (χ1v) is 7.53. The lowest BCUT2D eigenvalue weighted by Crippen LogP contribution is -2.18. The molecule has 0 bridgehead atoms. The van der Waals surface area contributed by atoms with Gasteiger partial charge < -0.3 is 5.32 Å². The molecule has 0 aliphatic rings. The van der Waals surface area contributed by atoms with Gasteiger partial charge in [0.15, 0.2) is 0 Å². The van der Waals surface area contributed by atoms with E-state index in [1.54, 1.807) is 19.1 Å². The highest BCUT2D eigenvalue weighted by Gasteiger charge is 2.16. The van der Waals surface area contributed by atoms with Crippen molar-refractivity contribution in [3.63, 3.8) is 0 Å². The van der Waals surface area contributed by atoms with Crippen LogP contribution < -0.4 is 5.32 Å². The van der Waals surface area contributed by atoms with Crippen LogP contribution in [0.15, 0.2) is 48.5 Å². The van der Waals surface area contributed by atoms with E-state index in [-0.39, 0.29) is 17.5 Å². The highest BCUT2D eigenvalue weighted by molar-refractivity contribution is 5.95. The van der Waals surface area contributed by atoms with Gasteiger partial charge >= 0.3 is 0 Å². The van der Waals surface area contributed by atoms with E-state index in [1.165, 1.54) is 17.7 Å². The summed E-state index contributed by atoms with van der Waals surface area (Å²) in [5.74, 6) is -0.0875. The third kappa shape index (κ3) is 4.16. The Balaban J connectivity index is 2.05. The minimum absolute atomic E-state index is 0.0191.